The SMILES string of the molecule is COc1ccc2nc(OC)c(NC(=O)NC3CCN(Cc4cccc(Cl)c4)CC3)nc2c1. The average molecular weight is 456 g/mol. The van der Waals surface area contributed by atoms with Crippen molar-refractivity contribution in [2.45, 2.75) is 25.4 Å². The molecule has 1 saturated heterocycles. The molecule has 9 heteroatoms. The second kappa shape index (κ2) is 10.0. The van der Waals surface area contributed by atoms with Crippen LogP contribution >= 0.6 is 11.6 Å². The Balaban J connectivity index is 1.34. The molecule has 0 radical (unpaired) electrons. The Bertz CT molecular complexity index is 1100. The van der Waals surface area contributed by atoms with E-state index in [0.29, 0.717) is 16.8 Å². The van der Waals surface area contributed by atoms with E-state index in [1.54, 1.807) is 25.3 Å². The number of hydrogen-bond donors (Lipinski definition) is 2. The summed E-state index contributed by atoms with van der Waals surface area (Å²) in [5.74, 6) is 1.19. The summed E-state index contributed by atoms with van der Waals surface area (Å²) in [6, 6.07) is 13.0. The number of urea groups is 1. The summed E-state index contributed by atoms with van der Waals surface area (Å²) < 4.78 is 10.6. The maximum Gasteiger partial charge on any atom is 0.320 e. The van der Waals surface area contributed by atoms with Crippen LogP contribution in [0.1, 0.15) is 18.4 Å². The zero-order valence-corrected chi connectivity index (χ0v) is 18.9. The number of benzene rings is 2. The van der Waals surface area contributed by atoms with E-state index in [9.17, 15) is 4.79 Å². The molecule has 1 aliphatic heterocycles. The number of aromatic nitrogens is 2. The first-order valence-corrected chi connectivity index (χ1v) is 10.9. The predicted molar refractivity (Wildman–Crippen MR) is 125 cm³/mol. The molecule has 32 heavy (non-hydrogen) atoms. The number of halogens is 1. The molecule has 168 valence electrons. The van der Waals surface area contributed by atoms with Crippen LogP contribution in [0, 0.1) is 0 Å². The molecule has 0 saturated carbocycles. The number of carbonyl (C=O) groups excluding carboxylic acids is 1. The van der Waals surface area contributed by atoms with Crippen LogP contribution < -0.4 is 20.1 Å². The summed E-state index contributed by atoms with van der Waals surface area (Å²) in [5, 5.41) is 6.57. The number of likely N-dealkylation sites (tertiary alicyclic amines) is 1. The maximum atomic E-state index is 12.6. The molecule has 0 aliphatic carbocycles. The lowest BCUT2D eigenvalue weighted by Crippen LogP contribution is -2.45. The van der Waals surface area contributed by atoms with E-state index in [2.05, 4.69) is 31.6 Å². The van der Waals surface area contributed by atoms with Gasteiger partial charge in [0.1, 0.15) is 5.75 Å². The number of carbonyl (C=O) groups is 1. The van der Waals surface area contributed by atoms with Gasteiger partial charge in [-0.25, -0.2) is 14.8 Å². The van der Waals surface area contributed by atoms with Crippen LogP contribution in [0.3, 0.4) is 0 Å². The molecule has 0 bridgehead atoms. The third-order valence-electron chi connectivity index (χ3n) is 5.48. The van der Waals surface area contributed by atoms with Crippen molar-refractivity contribution in [1.82, 2.24) is 20.2 Å². The molecule has 1 fully saturated rings. The van der Waals surface area contributed by atoms with Crippen molar-refractivity contribution >= 4 is 34.5 Å². The summed E-state index contributed by atoms with van der Waals surface area (Å²) in [6.45, 7) is 2.65. The van der Waals surface area contributed by atoms with Crippen molar-refractivity contribution in [1.29, 1.82) is 0 Å². The van der Waals surface area contributed by atoms with Gasteiger partial charge in [-0.05, 0) is 42.7 Å². The number of anilines is 1. The smallest absolute Gasteiger partial charge is 0.320 e. The van der Waals surface area contributed by atoms with Crippen LogP contribution in [0.15, 0.2) is 42.5 Å². The highest BCUT2D eigenvalue weighted by atomic mass is 35.5. The molecule has 3 aromatic rings. The molecule has 0 atom stereocenters. The molecule has 2 heterocycles. The molecular weight excluding hydrogens is 430 g/mol. The number of nitrogens with one attached hydrogen (secondary N) is 2. The number of piperidine rings is 1. The Morgan fingerprint density at radius 1 is 1.09 bits per heavy atom. The van der Waals surface area contributed by atoms with Gasteiger partial charge in [0.25, 0.3) is 5.88 Å². The van der Waals surface area contributed by atoms with Gasteiger partial charge in [0, 0.05) is 36.8 Å². The fraction of sp³-hybridized carbons (Fsp3) is 0.348. The fourth-order valence-electron chi connectivity index (χ4n) is 3.83. The van der Waals surface area contributed by atoms with Crippen LogP contribution in [0.2, 0.25) is 5.02 Å². The lowest BCUT2D eigenvalue weighted by molar-refractivity contribution is 0.190. The van der Waals surface area contributed by atoms with E-state index in [1.807, 2.05) is 18.2 Å². The molecule has 2 N–H and O–H groups in total. The monoisotopic (exact) mass is 455 g/mol. The number of rotatable bonds is 6. The van der Waals surface area contributed by atoms with Gasteiger partial charge in [0.2, 0.25) is 0 Å². The lowest BCUT2D eigenvalue weighted by Gasteiger charge is -2.32. The van der Waals surface area contributed by atoms with E-state index in [-0.39, 0.29) is 23.8 Å². The van der Waals surface area contributed by atoms with Gasteiger partial charge in [-0.1, -0.05) is 23.7 Å². The Morgan fingerprint density at radius 2 is 1.91 bits per heavy atom. The van der Waals surface area contributed by atoms with Gasteiger partial charge in [0.05, 0.1) is 25.3 Å². The number of methoxy groups -OCH3 is 2. The van der Waals surface area contributed by atoms with Crippen molar-refractivity contribution in [3.05, 3.63) is 53.1 Å². The molecular formula is C23H26ClN5O3. The van der Waals surface area contributed by atoms with Crippen molar-refractivity contribution in [3.8, 4) is 11.6 Å². The van der Waals surface area contributed by atoms with Crippen LogP contribution in [0.5, 0.6) is 11.6 Å². The van der Waals surface area contributed by atoms with Crippen LogP contribution in [0.25, 0.3) is 11.0 Å². The third kappa shape index (κ3) is 5.38. The summed E-state index contributed by atoms with van der Waals surface area (Å²) in [6.07, 6.45) is 1.73. The Morgan fingerprint density at radius 3 is 2.62 bits per heavy atom. The average Bonchev–Trinajstić information content (AvgIpc) is 2.79. The first-order chi connectivity index (χ1) is 15.5. The van der Waals surface area contributed by atoms with Crippen molar-refractivity contribution in [2.24, 2.45) is 0 Å². The van der Waals surface area contributed by atoms with Crippen LogP contribution in [-0.2, 0) is 6.54 Å². The minimum atomic E-state index is -0.326. The topological polar surface area (TPSA) is 88.6 Å². The summed E-state index contributed by atoms with van der Waals surface area (Å²) in [7, 11) is 3.09. The van der Waals surface area contributed by atoms with Crippen molar-refractivity contribution in [2.75, 3.05) is 32.6 Å². The quantitative estimate of drug-likeness (QED) is 0.582. The number of fused-ring (bicyclic) bond motifs is 1. The minimum Gasteiger partial charge on any atom is -0.497 e. The molecule has 2 amide bonds. The second-order valence-electron chi connectivity index (χ2n) is 7.71. The molecule has 1 aromatic heterocycles. The largest absolute Gasteiger partial charge is 0.497 e. The molecule has 4 rings (SSSR count). The first-order valence-electron chi connectivity index (χ1n) is 10.5. The molecule has 0 unspecified atom stereocenters. The lowest BCUT2D eigenvalue weighted by atomic mass is 10.0. The highest BCUT2D eigenvalue weighted by Crippen LogP contribution is 2.26. The highest BCUT2D eigenvalue weighted by molar-refractivity contribution is 6.30. The number of ether oxygens (including phenoxy) is 2. The van der Waals surface area contributed by atoms with E-state index in [1.165, 1.54) is 12.7 Å². The third-order valence-corrected chi connectivity index (χ3v) is 5.72. The fourth-order valence-corrected chi connectivity index (χ4v) is 4.04. The normalized spacial score (nSPS) is 14.8. The summed E-state index contributed by atoms with van der Waals surface area (Å²) >= 11 is 6.08. The van der Waals surface area contributed by atoms with Crippen LogP contribution in [0.4, 0.5) is 10.6 Å². The summed E-state index contributed by atoms with van der Waals surface area (Å²) in [5.41, 5.74) is 2.45. The van der Waals surface area contributed by atoms with Crippen molar-refractivity contribution < 1.29 is 14.3 Å². The number of nitrogens with zero attached hydrogens (tertiary/aromatic N) is 3. The molecule has 8 nitrogen and oxygen atoms in total. The van der Waals surface area contributed by atoms with Gasteiger partial charge in [-0.3, -0.25) is 10.2 Å². The first kappa shape index (κ1) is 22.1. The van der Waals surface area contributed by atoms with E-state index in [4.69, 9.17) is 21.1 Å². The molecule has 0 spiro atoms. The van der Waals surface area contributed by atoms with Crippen molar-refractivity contribution in [3.63, 3.8) is 0 Å². The van der Waals surface area contributed by atoms with E-state index in [0.717, 1.165) is 37.5 Å². The second-order valence-corrected chi connectivity index (χ2v) is 8.15. The Hall–Kier alpha value is -3.10. The van der Waals surface area contributed by atoms with Gasteiger partial charge < -0.3 is 14.8 Å². The summed E-state index contributed by atoms with van der Waals surface area (Å²) in [4.78, 5) is 23.9. The Labute approximate surface area is 191 Å². The van der Waals surface area contributed by atoms with E-state index >= 15 is 0 Å². The van der Waals surface area contributed by atoms with Gasteiger partial charge in [-0.15, -0.1) is 0 Å². The van der Waals surface area contributed by atoms with Gasteiger partial charge in [-0.2, -0.15) is 0 Å². The zero-order chi connectivity index (χ0) is 22.5. The Kier molecular flexibility index (Phi) is 6.92. The standard InChI is InChI=1S/C23H26ClN5O3/c1-31-18-6-7-19-20(13-18)26-21(22(27-19)32-2)28-23(30)25-17-8-10-29(11-9-17)14-15-4-3-5-16(24)12-15/h3-7,12-13,17H,8-11,14H2,1-2H3,(H2,25,26,28,30). The molecule has 1 aliphatic rings. The van der Waals surface area contributed by atoms with Gasteiger partial charge in [0.15, 0.2) is 5.82 Å². The highest BCUT2D eigenvalue weighted by Gasteiger charge is 2.22. The van der Waals surface area contributed by atoms with Crippen LogP contribution in [-0.4, -0.2) is 54.2 Å². The van der Waals surface area contributed by atoms with E-state index < -0.39 is 0 Å². The van der Waals surface area contributed by atoms with Gasteiger partial charge >= 0.3 is 6.03 Å². The zero-order valence-electron chi connectivity index (χ0n) is 18.1. The maximum absolute atomic E-state index is 12.6. The molecule has 2 aromatic carbocycles. The number of hydrogen-bond acceptors (Lipinski definition) is 6. The minimum absolute atomic E-state index is 0.0881. The number of amides is 2. The predicted octanol–water partition coefficient (Wildman–Crippen LogP) is 4.09.